The summed E-state index contributed by atoms with van der Waals surface area (Å²) < 4.78 is 29.1. The van der Waals surface area contributed by atoms with Crippen LogP contribution in [-0.2, 0) is 23.0 Å². The van der Waals surface area contributed by atoms with Crippen molar-refractivity contribution < 1.29 is 23.2 Å². The molecule has 0 saturated heterocycles. The summed E-state index contributed by atoms with van der Waals surface area (Å²) in [6, 6.07) is 19.1. The first kappa shape index (κ1) is 27.3. The molecule has 1 amide bonds. The molecule has 0 aliphatic carbocycles. The van der Waals surface area contributed by atoms with E-state index in [4.69, 9.17) is 5.21 Å². The number of hydroxylamine groups is 1. The average Bonchev–Trinajstić information content (AvgIpc) is 2.93. The van der Waals surface area contributed by atoms with Crippen molar-refractivity contribution in [3.05, 3.63) is 89.0 Å². The van der Waals surface area contributed by atoms with Gasteiger partial charge >= 0.3 is 0 Å². The lowest BCUT2D eigenvalue weighted by Gasteiger charge is -2.32. The van der Waals surface area contributed by atoms with E-state index in [2.05, 4.69) is 6.92 Å². The predicted octanol–water partition coefficient (Wildman–Crippen LogP) is 4.81. The molecule has 1 aliphatic heterocycles. The van der Waals surface area contributed by atoms with Gasteiger partial charge < -0.3 is 4.90 Å². The first-order valence-corrected chi connectivity index (χ1v) is 14.1. The number of carbonyl (C=O) groups is 2. The summed E-state index contributed by atoms with van der Waals surface area (Å²) in [5.41, 5.74) is 5.65. The van der Waals surface area contributed by atoms with Crippen LogP contribution < -0.4 is 14.7 Å². The van der Waals surface area contributed by atoms with E-state index >= 15 is 0 Å². The van der Waals surface area contributed by atoms with Crippen LogP contribution >= 0.6 is 0 Å². The lowest BCUT2D eigenvalue weighted by molar-refractivity contribution is 0.0706. The van der Waals surface area contributed by atoms with Crippen LogP contribution in [0, 0.1) is 5.92 Å². The van der Waals surface area contributed by atoms with Crippen molar-refractivity contribution in [1.29, 1.82) is 0 Å². The molecule has 9 heteroatoms. The van der Waals surface area contributed by atoms with Crippen molar-refractivity contribution in [1.82, 2.24) is 5.48 Å². The van der Waals surface area contributed by atoms with E-state index in [0.717, 1.165) is 17.5 Å². The Hall–Kier alpha value is -3.69. The molecule has 0 aromatic heterocycles. The molecule has 0 spiro atoms. The minimum absolute atomic E-state index is 0.0889. The first-order chi connectivity index (χ1) is 18.1. The molecule has 38 heavy (non-hydrogen) atoms. The van der Waals surface area contributed by atoms with Gasteiger partial charge in [0.15, 0.2) is 5.78 Å². The van der Waals surface area contributed by atoms with E-state index in [0.29, 0.717) is 42.1 Å². The summed E-state index contributed by atoms with van der Waals surface area (Å²) >= 11 is 0. The van der Waals surface area contributed by atoms with Gasteiger partial charge in [0.05, 0.1) is 10.6 Å². The Morgan fingerprint density at radius 3 is 2.29 bits per heavy atom. The molecule has 1 heterocycles. The average molecular weight is 536 g/mol. The number of aryl methyl sites for hydroxylation is 1. The highest BCUT2D eigenvalue weighted by molar-refractivity contribution is 7.92. The van der Waals surface area contributed by atoms with Crippen LogP contribution in [0.1, 0.15) is 59.0 Å². The van der Waals surface area contributed by atoms with Gasteiger partial charge in [0.1, 0.15) is 0 Å². The number of hydrogen-bond donors (Lipinski definition) is 2. The Balaban J connectivity index is 1.65. The van der Waals surface area contributed by atoms with Gasteiger partial charge in [-0.1, -0.05) is 45.0 Å². The number of rotatable bonds is 9. The zero-order valence-corrected chi connectivity index (χ0v) is 22.7. The summed E-state index contributed by atoms with van der Waals surface area (Å²) in [6.07, 6.45) is 1.14. The smallest absolute Gasteiger partial charge is 0.274 e. The molecule has 0 radical (unpaired) electrons. The number of fused-ring (bicyclic) bond motifs is 1. The van der Waals surface area contributed by atoms with Crippen molar-refractivity contribution in [2.24, 2.45) is 5.92 Å². The van der Waals surface area contributed by atoms with E-state index in [1.807, 2.05) is 43.0 Å². The number of hydrogen-bond acceptors (Lipinski definition) is 6. The van der Waals surface area contributed by atoms with Gasteiger partial charge in [0.2, 0.25) is 0 Å². The Morgan fingerprint density at radius 1 is 1.03 bits per heavy atom. The highest BCUT2D eigenvalue weighted by Crippen LogP contribution is 2.33. The highest BCUT2D eigenvalue weighted by Gasteiger charge is 2.30. The second-order valence-corrected chi connectivity index (χ2v) is 11.7. The number of benzene rings is 3. The second kappa shape index (κ2) is 11.4. The number of sulfonamides is 1. The molecule has 3 aromatic rings. The van der Waals surface area contributed by atoms with Crippen LogP contribution in [0.25, 0.3) is 0 Å². The summed E-state index contributed by atoms with van der Waals surface area (Å²) in [7, 11) is -3.91. The van der Waals surface area contributed by atoms with Crippen molar-refractivity contribution in [2.75, 3.05) is 22.3 Å². The SMILES string of the molecule is CCc1ccc(N(CC(C)C)S(=O)(=O)c2ccc3c(c2)C(=O)CCN3Cc2ccc(C(=O)NO)cc2)cc1. The molecule has 0 saturated carbocycles. The van der Waals surface area contributed by atoms with E-state index in [-0.39, 0.29) is 23.0 Å². The van der Waals surface area contributed by atoms with Crippen LogP contribution in [0.3, 0.4) is 0 Å². The quantitative estimate of drug-likeness (QED) is 0.301. The fourth-order valence-electron chi connectivity index (χ4n) is 4.58. The van der Waals surface area contributed by atoms with Crippen LogP contribution in [-0.4, -0.2) is 38.4 Å². The number of amides is 1. The zero-order valence-electron chi connectivity index (χ0n) is 21.8. The standard InChI is InChI=1S/C29H33N3O5S/c1-4-21-7-11-24(12-8-21)32(18-20(2)3)38(36,37)25-13-14-27-26(17-25)28(33)15-16-31(27)19-22-5-9-23(10-6-22)29(34)30-35/h5-14,17,20,35H,4,15-16,18-19H2,1-3H3,(H,30,34). The van der Waals surface area contributed by atoms with Gasteiger partial charge in [-0.05, 0) is 65.9 Å². The number of anilines is 2. The fraction of sp³-hybridized carbons (Fsp3) is 0.310. The summed E-state index contributed by atoms with van der Waals surface area (Å²) in [5, 5.41) is 8.81. The first-order valence-electron chi connectivity index (χ1n) is 12.7. The zero-order chi connectivity index (χ0) is 27.4. The minimum Gasteiger partial charge on any atom is -0.366 e. The van der Waals surface area contributed by atoms with Crippen molar-refractivity contribution in [3.63, 3.8) is 0 Å². The van der Waals surface area contributed by atoms with Crippen LogP contribution in [0.5, 0.6) is 0 Å². The normalized spacial score (nSPS) is 13.4. The maximum atomic E-state index is 13.9. The molecule has 0 atom stereocenters. The van der Waals surface area contributed by atoms with Gasteiger partial charge in [-0.25, -0.2) is 13.9 Å². The third-order valence-electron chi connectivity index (χ3n) is 6.66. The number of nitrogens with one attached hydrogen (secondary N) is 1. The Morgan fingerprint density at radius 2 is 1.68 bits per heavy atom. The van der Waals surface area contributed by atoms with E-state index in [1.54, 1.807) is 41.9 Å². The fourth-order valence-corrected chi connectivity index (χ4v) is 6.23. The van der Waals surface area contributed by atoms with Crippen molar-refractivity contribution >= 4 is 33.1 Å². The third-order valence-corrected chi connectivity index (χ3v) is 8.45. The number of carbonyl (C=O) groups excluding carboxylic acids is 2. The molecule has 8 nitrogen and oxygen atoms in total. The van der Waals surface area contributed by atoms with Gasteiger partial charge in [-0.3, -0.25) is 19.1 Å². The molecule has 200 valence electrons. The molecule has 0 unspecified atom stereocenters. The molecule has 3 aromatic carbocycles. The highest BCUT2D eigenvalue weighted by atomic mass is 32.2. The van der Waals surface area contributed by atoms with Crippen LogP contribution in [0.15, 0.2) is 71.6 Å². The number of Topliss-reactive ketones (excluding diaryl/α,β-unsaturated/α-hetero) is 1. The third kappa shape index (κ3) is 5.74. The van der Waals surface area contributed by atoms with E-state index < -0.39 is 15.9 Å². The Kier molecular flexibility index (Phi) is 8.18. The van der Waals surface area contributed by atoms with Crippen molar-refractivity contribution in [2.45, 2.75) is 45.1 Å². The van der Waals surface area contributed by atoms with Gasteiger partial charge in [-0.2, -0.15) is 0 Å². The maximum Gasteiger partial charge on any atom is 0.274 e. The largest absolute Gasteiger partial charge is 0.366 e. The summed E-state index contributed by atoms with van der Waals surface area (Å²) in [6.45, 7) is 7.29. The van der Waals surface area contributed by atoms with Crippen molar-refractivity contribution in [3.8, 4) is 0 Å². The van der Waals surface area contributed by atoms with Gasteiger partial charge in [0.25, 0.3) is 15.9 Å². The van der Waals surface area contributed by atoms with E-state index in [9.17, 15) is 18.0 Å². The second-order valence-electron chi connectivity index (χ2n) is 9.86. The topological polar surface area (TPSA) is 107 Å². The Labute approximate surface area is 223 Å². The molecule has 0 fully saturated rings. The molecule has 2 N–H and O–H groups in total. The lowest BCUT2D eigenvalue weighted by atomic mass is 9.99. The van der Waals surface area contributed by atoms with E-state index in [1.165, 1.54) is 10.4 Å². The summed E-state index contributed by atoms with van der Waals surface area (Å²) in [4.78, 5) is 26.6. The summed E-state index contributed by atoms with van der Waals surface area (Å²) in [5.74, 6) is -0.585. The monoisotopic (exact) mass is 535 g/mol. The molecule has 4 rings (SSSR count). The molecular formula is C29H33N3O5S. The molecule has 1 aliphatic rings. The maximum absolute atomic E-state index is 13.9. The Bertz CT molecular complexity index is 1420. The van der Waals surface area contributed by atoms with Crippen LogP contribution in [0.4, 0.5) is 11.4 Å². The van der Waals surface area contributed by atoms with Gasteiger partial charge in [0, 0.05) is 42.9 Å². The predicted molar refractivity (Wildman–Crippen MR) is 147 cm³/mol. The van der Waals surface area contributed by atoms with Crippen LogP contribution in [0.2, 0.25) is 0 Å². The number of nitrogens with zero attached hydrogens (tertiary/aromatic N) is 2. The lowest BCUT2D eigenvalue weighted by Crippen LogP contribution is -2.35. The molecular weight excluding hydrogens is 502 g/mol. The number of ketones is 1. The minimum atomic E-state index is -3.91. The molecule has 0 bridgehead atoms. The van der Waals surface area contributed by atoms with Gasteiger partial charge in [-0.15, -0.1) is 0 Å².